The number of hydrogen-bond acceptors (Lipinski definition) is 1. The average Bonchev–Trinajstić information content (AvgIpc) is 1.78. The summed E-state index contributed by atoms with van der Waals surface area (Å²) in [6.07, 6.45) is 3.10. The molecule has 1 unspecified atom stereocenters. The molecule has 0 heterocycles. The lowest BCUT2D eigenvalue weighted by molar-refractivity contribution is 0.239. The van der Waals surface area contributed by atoms with Crippen molar-refractivity contribution in [3.05, 3.63) is 24.1 Å². The molecule has 1 nitrogen and oxygen atoms in total. The van der Waals surface area contributed by atoms with Crippen LogP contribution in [0, 0.1) is 0 Å². The standard InChI is InChI=1S/C6H7F2N/c7-5-1-3-6(8,9)4-2-5/h1-3H,4,9H2. The largest absolute Gasteiger partial charge is 0.296 e. The summed E-state index contributed by atoms with van der Waals surface area (Å²) in [4.78, 5) is 0. The summed E-state index contributed by atoms with van der Waals surface area (Å²) in [5.41, 5.74) is 4.98. The summed E-state index contributed by atoms with van der Waals surface area (Å²) in [5, 5.41) is 0. The Balaban J connectivity index is 2.70. The first kappa shape index (κ1) is 6.42. The highest BCUT2D eigenvalue weighted by molar-refractivity contribution is 5.21. The van der Waals surface area contributed by atoms with E-state index in [1.54, 1.807) is 0 Å². The molecule has 1 rings (SSSR count). The van der Waals surface area contributed by atoms with Crippen molar-refractivity contribution in [3.8, 4) is 0 Å². The van der Waals surface area contributed by atoms with Crippen LogP contribution in [0.25, 0.3) is 0 Å². The molecule has 0 radical (unpaired) electrons. The van der Waals surface area contributed by atoms with E-state index < -0.39 is 11.6 Å². The van der Waals surface area contributed by atoms with Crippen LogP contribution in [0.3, 0.4) is 0 Å². The van der Waals surface area contributed by atoms with E-state index in [4.69, 9.17) is 5.73 Å². The van der Waals surface area contributed by atoms with Crippen LogP contribution < -0.4 is 5.73 Å². The van der Waals surface area contributed by atoms with Crippen molar-refractivity contribution >= 4 is 0 Å². The maximum atomic E-state index is 12.5. The van der Waals surface area contributed by atoms with Crippen molar-refractivity contribution in [2.45, 2.75) is 12.2 Å². The number of rotatable bonds is 0. The zero-order valence-corrected chi connectivity index (χ0v) is 4.77. The second-order valence-electron chi connectivity index (χ2n) is 2.05. The molecule has 1 aliphatic rings. The maximum absolute atomic E-state index is 12.5. The van der Waals surface area contributed by atoms with Gasteiger partial charge in [-0.1, -0.05) is 0 Å². The van der Waals surface area contributed by atoms with Gasteiger partial charge in [-0.3, -0.25) is 5.73 Å². The van der Waals surface area contributed by atoms with Crippen LogP contribution in [0.15, 0.2) is 24.1 Å². The molecule has 2 N–H and O–H groups in total. The third-order valence-corrected chi connectivity index (χ3v) is 1.13. The molecule has 0 saturated carbocycles. The van der Waals surface area contributed by atoms with Gasteiger partial charge in [0.05, 0.1) is 0 Å². The molecule has 0 spiro atoms. The SMILES string of the molecule is NC1(F)C=CC(F)=CC1. The Morgan fingerprint density at radius 1 is 1.67 bits per heavy atom. The summed E-state index contributed by atoms with van der Waals surface area (Å²) in [6.45, 7) is 0. The summed E-state index contributed by atoms with van der Waals surface area (Å²) in [6, 6.07) is 0. The molecular formula is C6H7F2N. The summed E-state index contributed by atoms with van der Waals surface area (Å²) in [7, 11) is 0. The van der Waals surface area contributed by atoms with Gasteiger partial charge < -0.3 is 0 Å². The smallest absolute Gasteiger partial charge is 0.181 e. The van der Waals surface area contributed by atoms with Crippen LogP contribution >= 0.6 is 0 Å². The fourth-order valence-corrected chi connectivity index (χ4v) is 0.608. The van der Waals surface area contributed by atoms with Crippen molar-refractivity contribution in [3.63, 3.8) is 0 Å². The van der Waals surface area contributed by atoms with Crippen LogP contribution in [-0.4, -0.2) is 5.79 Å². The second-order valence-corrected chi connectivity index (χ2v) is 2.05. The van der Waals surface area contributed by atoms with E-state index in [9.17, 15) is 8.78 Å². The highest BCUT2D eigenvalue weighted by Gasteiger charge is 2.20. The Bertz CT molecular complexity index is 170. The molecule has 1 atom stereocenters. The molecule has 0 aliphatic heterocycles. The number of allylic oxidation sites excluding steroid dienone is 2. The predicted octanol–water partition coefficient (Wildman–Crippen LogP) is 1.42. The Kier molecular flexibility index (Phi) is 1.37. The molecule has 0 aromatic carbocycles. The minimum atomic E-state index is -1.84. The zero-order chi connectivity index (χ0) is 6.91. The lowest BCUT2D eigenvalue weighted by Gasteiger charge is -2.15. The number of halogens is 2. The first-order chi connectivity index (χ1) is 4.10. The van der Waals surface area contributed by atoms with Crippen molar-refractivity contribution in [2.75, 3.05) is 0 Å². The highest BCUT2D eigenvalue weighted by Crippen LogP contribution is 2.19. The van der Waals surface area contributed by atoms with Gasteiger partial charge in [0, 0.05) is 6.42 Å². The van der Waals surface area contributed by atoms with E-state index in [-0.39, 0.29) is 6.42 Å². The third kappa shape index (κ3) is 1.61. The normalized spacial score (nSPS) is 34.3. The second kappa shape index (κ2) is 1.92. The monoisotopic (exact) mass is 131 g/mol. The fraction of sp³-hybridized carbons (Fsp3) is 0.333. The van der Waals surface area contributed by atoms with Crippen molar-refractivity contribution < 1.29 is 8.78 Å². The van der Waals surface area contributed by atoms with E-state index in [1.807, 2.05) is 0 Å². The van der Waals surface area contributed by atoms with Gasteiger partial charge in [-0.2, -0.15) is 0 Å². The first-order valence-corrected chi connectivity index (χ1v) is 2.63. The minimum Gasteiger partial charge on any atom is -0.296 e. The van der Waals surface area contributed by atoms with Crippen LogP contribution in [0.4, 0.5) is 8.78 Å². The molecule has 0 aromatic heterocycles. The van der Waals surface area contributed by atoms with Crippen LogP contribution in [0.1, 0.15) is 6.42 Å². The Morgan fingerprint density at radius 2 is 2.33 bits per heavy atom. The molecule has 3 heteroatoms. The molecule has 50 valence electrons. The van der Waals surface area contributed by atoms with Gasteiger partial charge in [0.1, 0.15) is 5.83 Å². The van der Waals surface area contributed by atoms with Gasteiger partial charge in [-0.15, -0.1) is 0 Å². The number of alkyl halides is 1. The molecule has 1 aliphatic carbocycles. The Labute approximate surface area is 51.8 Å². The van der Waals surface area contributed by atoms with Gasteiger partial charge in [0.25, 0.3) is 0 Å². The molecule has 0 bridgehead atoms. The number of nitrogens with two attached hydrogens (primary N) is 1. The van der Waals surface area contributed by atoms with Gasteiger partial charge >= 0.3 is 0 Å². The van der Waals surface area contributed by atoms with Crippen LogP contribution in [0.5, 0.6) is 0 Å². The predicted molar refractivity (Wildman–Crippen MR) is 31.0 cm³/mol. The quantitative estimate of drug-likeness (QED) is 0.494. The zero-order valence-electron chi connectivity index (χ0n) is 4.77. The highest BCUT2D eigenvalue weighted by atomic mass is 19.1. The molecule has 0 aromatic rings. The van der Waals surface area contributed by atoms with Crippen LogP contribution in [0.2, 0.25) is 0 Å². The lowest BCUT2D eigenvalue weighted by atomic mass is 10.1. The van der Waals surface area contributed by atoms with Crippen molar-refractivity contribution in [1.82, 2.24) is 0 Å². The minimum absolute atomic E-state index is 0.0741. The van der Waals surface area contributed by atoms with Gasteiger partial charge in [0.15, 0.2) is 5.79 Å². The Hall–Kier alpha value is -0.700. The molecule has 0 fully saturated rings. The molecule has 0 amide bonds. The Morgan fingerprint density at radius 3 is 2.67 bits per heavy atom. The van der Waals surface area contributed by atoms with E-state index in [0.717, 1.165) is 18.2 Å². The van der Waals surface area contributed by atoms with Crippen molar-refractivity contribution in [2.24, 2.45) is 5.73 Å². The third-order valence-electron chi connectivity index (χ3n) is 1.13. The lowest BCUT2D eigenvalue weighted by Crippen LogP contribution is -2.32. The van der Waals surface area contributed by atoms with Crippen LogP contribution in [-0.2, 0) is 0 Å². The molecular weight excluding hydrogens is 124 g/mol. The van der Waals surface area contributed by atoms with Gasteiger partial charge in [0.2, 0.25) is 0 Å². The summed E-state index contributed by atoms with van der Waals surface area (Å²) in [5.74, 6) is -2.26. The number of hydrogen-bond donors (Lipinski definition) is 1. The molecule has 0 saturated heterocycles. The average molecular weight is 131 g/mol. The van der Waals surface area contributed by atoms with Crippen molar-refractivity contribution in [1.29, 1.82) is 0 Å². The van der Waals surface area contributed by atoms with Gasteiger partial charge in [-0.25, -0.2) is 8.78 Å². The van der Waals surface area contributed by atoms with E-state index in [0.29, 0.717) is 0 Å². The van der Waals surface area contributed by atoms with E-state index in [2.05, 4.69) is 0 Å². The summed E-state index contributed by atoms with van der Waals surface area (Å²) < 4.78 is 24.6. The van der Waals surface area contributed by atoms with E-state index >= 15 is 0 Å². The van der Waals surface area contributed by atoms with Gasteiger partial charge in [-0.05, 0) is 18.2 Å². The maximum Gasteiger partial charge on any atom is 0.181 e. The fourth-order valence-electron chi connectivity index (χ4n) is 0.608. The summed E-state index contributed by atoms with van der Waals surface area (Å²) >= 11 is 0. The first-order valence-electron chi connectivity index (χ1n) is 2.63. The topological polar surface area (TPSA) is 26.0 Å². The van der Waals surface area contributed by atoms with E-state index in [1.165, 1.54) is 0 Å². The molecule has 9 heavy (non-hydrogen) atoms.